The van der Waals surface area contributed by atoms with Crippen molar-refractivity contribution >= 4 is 0 Å². The van der Waals surface area contributed by atoms with Crippen molar-refractivity contribution in [1.82, 2.24) is 19.5 Å². The number of aromatic nitrogens is 4. The van der Waals surface area contributed by atoms with Crippen LogP contribution in [0.1, 0.15) is 5.56 Å². The zero-order valence-corrected chi connectivity index (χ0v) is 7.37. The summed E-state index contributed by atoms with van der Waals surface area (Å²) in [6, 6.07) is 1.42. The van der Waals surface area contributed by atoms with E-state index in [0.29, 0.717) is 6.54 Å². The Bertz CT molecular complexity index is 445. The average molecular weight is 188 g/mol. The maximum Gasteiger partial charge on any atom is 0.272 e. The summed E-state index contributed by atoms with van der Waals surface area (Å²) in [5, 5.41) is 0. The summed E-state index contributed by atoms with van der Waals surface area (Å²) >= 11 is 0. The molecule has 70 valence electrons. The molecule has 0 atom stereocenters. The molecule has 0 bridgehead atoms. The maximum atomic E-state index is 10.7. The molecule has 0 fully saturated rings. The Morgan fingerprint density at radius 3 is 2.71 bits per heavy atom. The van der Waals surface area contributed by atoms with Crippen LogP contribution >= 0.6 is 0 Å². The Morgan fingerprint density at radius 1 is 1.29 bits per heavy atom. The Hall–Kier alpha value is -2.04. The van der Waals surface area contributed by atoms with Gasteiger partial charge >= 0.3 is 0 Å². The van der Waals surface area contributed by atoms with E-state index in [0.717, 1.165) is 5.56 Å². The molecule has 0 aliphatic carbocycles. The van der Waals surface area contributed by atoms with E-state index in [1.807, 2.05) is 0 Å². The molecular weight excluding hydrogens is 180 g/mol. The van der Waals surface area contributed by atoms with Gasteiger partial charge in [-0.3, -0.25) is 4.79 Å². The van der Waals surface area contributed by atoms with Crippen LogP contribution < -0.4 is 5.56 Å². The predicted molar refractivity (Wildman–Crippen MR) is 49.6 cm³/mol. The van der Waals surface area contributed by atoms with Gasteiger partial charge in [0.2, 0.25) is 0 Å². The summed E-state index contributed by atoms with van der Waals surface area (Å²) in [6.45, 7) is 0.619. The van der Waals surface area contributed by atoms with Gasteiger partial charge in [-0.15, -0.1) is 0 Å². The van der Waals surface area contributed by atoms with Crippen molar-refractivity contribution in [3.8, 4) is 0 Å². The maximum absolute atomic E-state index is 10.7. The smallest absolute Gasteiger partial charge is 0.272 e. The fourth-order valence-corrected chi connectivity index (χ4v) is 1.09. The lowest BCUT2D eigenvalue weighted by Crippen LogP contribution is -2.09. The molecule has 0 radical (unpaired) electrons. The summed E-state index contributed by atoms with van der Waals surface area (Å²) in [5.74, 6) is 0. The number of hydrogen-bond donors (Lipinski definition) is 0. The highest BCUT2D eigenvalue weighted by atomic mass is 16.1. The third kappa shape index (κ3) is 2.01. The van der Waals surface area contributed by atoms with E-state index >= 15 is 0 Å². The normalized spacial score (nSPS) is 10.0. The van der Waals surface area contributed by atoms with E-state index in [-0.39, 0.29) is 5.56 Å². The largest absolute Gasteiger partial charge is 0.334 e. The van der Waals surface area contributed by atoms with Gasteiger partial charge in [0.25, 0.3) is 5.56 Å². The average Bonchev–Trinajstić information content (AvgIpc) is 2.23. The van der Waals surface area contributed by atoms with Crippen molar-refractivity contribution in [2.75, 3.05) is 0 Å². The first-order valence-electron chi connectivity index (χ1n) is 4.10. The molecule has 0 aromatic carbocycles. The van der Waals surface area contributed by atoms with Crippen LogP contribution in [0, 0.1) is 0 Å². The Morgan fingerprint density at radius 2 is 2.07 bits per heavy atom. The third-order valence-electron chi connectivity index (χ3n) is 1.72. The van der Waals surface area contributed by atoms with Crippen LogP contribution in [0.5, 0.6) is 0 Å². The van der Waals surface area contributed by atoms with Crippen molar-refractivity contribution in [3.63, 3.8) is 0 Å². The van der Waals surface area contributed by atoms with E-state index in [4.69, 9.17) is 0 Å². The Balaban J connectivity index is 2.19. The van der Waals surface area contributed by atoms with Crippen LogP contribution in [0.25, 0.3) is 0 Å². The first kappa shape index (κ1) is 8.55. The van der Waals surface area contributed by atoms with E-state index < -0.39 is 0 Å². The molecule has 2 aromatic heterocycles. The molecule has 0 aliphatic rings. The number of nitrogens with zero attached hydrogens (tertiary/aromatic N) is 4. The standard InChI is InChI=1S/C9H8N4O/c14-9-1-2-13(7-12-9)5-8-3-10-6-11-4-8/h1-4,6-7H,5H2. The molecular formula is C9H8N4O. The molecule has 0 aliphatic heterocycles. The Kier molecular flexibility index (Phi) is 2.31. The zero-order chi connectivity index (χ0) is 9.80. The summed E-state index contributed by atoms with van der Waals surface area (Å²) in [7, 11) is 0. The fourth-order valence-electron chi connectivity index (χ4n) is 1.09. The minimum absolute atomic E-state index is 0.231. The van der Waals surface area contributed by atoms with Gasteiger partial charge in [0.1, 0.15) is 6.33 Å². The highest BCUT2D eigenvalue weighted by molar-refractivity contribution is 5.03. The molecule has 0 saturated heterocycles. The third-order valence-corrected chi connectivity index (χ3v) is 1.72. The van der Waals surface area contributed by atoms with Gasteiger partial charge in [0.05, 0.1) is 12.9 Å². The lowest BCUT2D eigenvalue weighted by Gasteiger charge is -2.02. The lowest BCUT2D eigenvalue weighted by molar-refractivity contribution is 0.753. The predicted octanol–water partition coefficient (Wildman–Crippen LogP) is 0.0816. The summed E-state index contributed by atoms with van der Waals surface area (Å²) < 4.78 is 1.79. The second-order valence-corrected chi connectivity index (χ2v) is 2.82. The van der Waals surface area contributed by atoms with Crippen LogP contribution in [0.3, 0.4) is 0 Å². The van der Waals surface area contributed by atoms with Crippen LogP contribution in [-0.2, 0) is 6.54 Å². The minimum atomic E-state index is -0.231. The lowest BCUT2D eigenvalue weighted by atomic mass is 10.3. The van der Waals surface area contributed by atoms with Gasteiger partial charge in [-0.05, 0) is 0 Å². The molecule has 5 nitrogen and oxygen atoms in total. The van der Waals surface area contributed by atoms with E-state index in [2.05, 4.69) is 15.0 Å². The van der Waals surface area contributed by atoms with Gasteiger partial charge in [-0.1, -0.05) is 0 Å². The van der Waals surface area contributed by atoms with Gasteiger partial charge in [-0.2, -0.15) is 4.98 Å². The highest BCUT2D eigenvalue weighted by Gasteiger charge is 1.93. The zero-order valence-electron chi connectivity index (χ0n) is 7.37. The molecule has 5 heteroatoms. The van der Waals surface area contributed by atoms with Crippen molar-refractivity contribution in [2.45, 2.75) is 6.54 Å². The molecule has 0 N–H and O–H groups in total. The molecule has 2 aromatic rings. The SMILES string of the molecule is O=c1ccn(Cc2cncnc2)cn1. The second-order valence-electron chi connectivity index (χ2n) is 2.82. The fraction of sp³-hybridized carbons (Fsp3) is 0.111. The molecule has 2 rings (SSSR count). The van der Waals surface area contributed by atoms with Gasteiger partial charge < -0.3 is 4.57 Å². The first-order valence-corrected chi connectivity index (χ1v) is 4.10. The Labute approximate surface area is 80.1 Å². The topological polar surface area (TPSA) is 60.7 Å². The molecule has 0 saturated carbocycles. The van der Waals surface area contributed by atoms with Crippen LogP contribution in [0.15, 0.2) is 42.1 Å². The van der Waals surface area contributed by atoms with E-state index in [1.165, 1.54) is 18.7 Å². The number of hydrogen-bond acceptors (Lipinski definition) is 4. The van der Waals surface area contributed by atoms with Crippen LogP contribution in [0.4, 0.5) is 0 Å². The second kappa shape index (κ2) is 3.78. The van der Waals surface area contributed by atoms with E-state index in [9.17, 15) is 4.79 Å². The van der Waals surface area contributed by atoms with Crippen molar-refractivity contribution < 1.29 is 0 Å². The highest BCUT2D eigenvalue weighted by Crippen LogP contribution is 1.95. The molecule has 14 heavy (non-hydrogen) atoms. The van der Waals surface area contributed by atoms with Gasteiger partial charge in [0, 0.05) is 30.2 Å². The van der Waals surface area contributed by atoms with Crippen LogP contribution in [0.2, 0.25) is 0 Å². The van der Waals surface area contributed by atoms with Crippen molar-refractivity contribution in [3.05, 3.63) is 53.2 Å². The van der Waals surface area contributed by atoms with Gasteiger partial charge in [-0.25, -0.2) is 9.97 Å². The molecule has 0 amide bonds. The van der Waals surface area contributed by atoms with E-state index in [1.54, 1.807) is 23.2 Å². The minimum Gasteiger partial charge on any atom is -0.334 e. The molecule has 0 unspecified atom stereocenters. The van der Waals surface area contributed by atoms with Crippen molar-refractivity contribution in [1.29, 1.82) is 0 Å². The summed E-state index contributed by atoms with van der Waals surface area (Å²) in [5.41, 5.74) is 0.739. The quantitative estimate of drug-likeness (QED) is 0.669. The van der Waals surface area contributed by atoms with Crippen molar-refractivity contribution in [2.24, 2.45) is 0 Å². The number of rotatable bonds is 2. The first-order chi connectivity index (χ1) is 6.84. The molecule has 2 heterocycles. The monoisotopic (exact) mass is 188 g/mol. The van der Waals surface area contributed by atoms with Gasteiger partial charge in [0.15, 0.2) is 0 Å². The molecule has 0 spiro atoms. The summed E-state index contributed by atoms with van der Waals surface area (Å²) in [4.78, 5) is 22.2. The summed E-state index contributed by atoms with van der Waals surface area (Å²) in [6.07, 6.45) is 8.11. The van der Waals surface area contributed by atoms with Crippen LogP contribution in [-0.4, -0.2) is 19.5 Å².